The van der Waals surface area contributed by atoms with E-state index in [1.54, 1.807) is 36.4 Å². The van der Waals surface area contributed by atoms with Crippen LogP contribution in [0.5, 0.6) is 11.5 Å². The van der Waals surface area contributed by atoms with Gasteiger partial charge in [-0.25, -0.2) is 4.79 Å². The number of nitrogens with zero attached hydrogens (tertiary/aromatic N) is 1. The number of nitrogens with one attached hydrogen (secondary N) is 1. The van der Waals surface area contributed by atoms with Crippen molar-refractivity contribution in [2.24, 2.45) is 0 Å². The average Bonchev–Trinajstić information content (AvgIpc) is 2.86. The van der Waals surface area contributed by atoms with Gasteiger partial charge in [-0.05, 0) is 78.0 Å². The predicted molar refractivity (Wildman–Crippen MR) is 143 cm³/mol. The SMILES string of the molecule is COc1ccc(N2C(=O)C(=Cc3cc(Cl)c(OCc4ccc(C(=O)O)cc4)c(Cl)c3)C(=O)NC2=S)cc1. The monoisotopic (exact) mass is 556 g/mol. The number of carbonyl (C=O) groups excluding carboxylic acids is 2. The molecule has 8 nitrogen and oxygen atoms in total. The van der Waals surface area contributed by atoms with E-state index in [4.69, 9.17) is 50.0 Å². The van der Waals surface area contributed by atoms with Crippen molar-refractivity contribution in [2.75, 3.05) is 12.0 Å². The van der Waals surface area contributed by atoms with E-state index in [1.807, 2.05) is 0 Å². The number of anilines is 1. The van der Waals surface area contributed by atoms with Crippen molar-refractivity contribution in [3.8, 4) is 11.5 Å². The van der Waals surface area contributed by atoms with Gasteiger partial charge in [-0.1, -0.05) is 35.3 Å². The zero-order valence-electron chi connectivity index (χ0n) is 19.2. The van der Waals surface area contributed by atoms with Gasteiger partial charge in [0.05, 0.1) is 28.4 Å². The summed E-state index contributed by atoms with van der Waals surface area (Å²) < 4.78 is 10.9. The Morgan fingerprint density at radius 2 is 1.68 bits per heavy atom. The van der Waals surface area contributed by atoms with Crippen molar-refractivity contribution in [3.05, 3.63) is 93.0 Å². The second kappa shape index (κ2) is 11.0. The molecule has 0 atom stereocenters. The summed E-state index contributed by atoms with van der Waals surface area (Å²) in [6.07, 6.45) is 1.36. The molecule has 2 amide bonds. The lowest BCUT2D eigenvalue weighted by Gasteiger charge is -2.29. The summed E-state index contributed by atoms with van der Waals surface area (Å²) in [6.45, 7) is 0.0922. The molecule has 1 aliphatic rings. The predicted octanol–water partition coefficient (Wildman–Crippen LogP) is 5.11. The van der Waals surface area contributed by atoms with Crippen LogP contribution in [0.1, 0.15) is 21.5 Å². The number of hydrogen-bond acceptors (Lipinski definition) is 6. The van der Waals surface area contributed by atoms with Gasteiger partial charge in [0.1, 0.15) is 17.9 Å². The first kappa shape index (κ1) is 26.2. The lowest BCUT2D eigenvalue weighted by Crippen LogP contribution is -2.54. The molecule has 0 unspecified atom stereocenters. The fraction of sp³-hybridized carbons (Fsp3) is 0.0769. The molecular weight excluding hydrogens is 539 g/mol. The molecule has 37 heavy (non-hydrogen) atoms. The molecule has 2 N–H and O–H groups in total. The van der Waals surface area contributed by atoms with Gasteiger partial charge in [0, 0.05) is 0 Å². The van der Waals surface area contributed by atoms with Gasteiger partial charge in [0.15, 0.2) is 10.9 Å². The minimum atomic E-state index is -1.03. The Balaban J connectivity index is 1.56. The maximum absolute atomic E-state index is 13.2. The van der Waals surface area contributed by atoms with Crippen molar-refractivity contribution in [1.29, 1.82) is 0 Å². The van der Waals surface area contributed by atoms with Crippen molar-refractivity contribution in [1.82, 2.24) is 5.32 Å². The number of carbonyl (C=O) groups is 3. The summed E-state index contributed by atoms with van der Waals surface area (Å²) in [5, 5.41) is 11.8. The molecular formula is C26H18Cl2N2O6S. The molecule has 0 aliphatic carbocycles. The average molecular weight is 557 g/mol. The standard InChI is InChI=1S/C26H18Cl2N2O6S/c1-35-18-8-6-17(7-9-18)30-24(32)19(23(31)29-26(30)37)10-15-11-20(27)22(21(28)12-15)36-13-14-2-4-16(5-3-14)25(33)34/h2-12H,13H2,1H3,(H,33,34)(H,29,31,37). The van der Waals surface area contributed by atoms with Crippen molar-refractivity contribution in [2.45, 2.75) is 6.61 Å². The van der Waals surface area contributed by atoms with Crippen LogP contribution in [0, 0.1) is 0 Å². The number of methoxy groups -OCH3 is 1. The highest BCUT2D eigenvalue weighted by Crippen LogP contribution is 2.36. The highest BCUT2D eigenvalue weighted by molar-refractivity contribution is 7.80. The third-order valence-electron chi connectivity index (χ3n) is 5.35. The van der Waals surface area contributed by atoms with Gasteiger partial charge in [-0.2, -0.15) is 0 Å². The van der Waals surface area contributed by atoms with Crippen molar-refractivity contribution in [3.63, 3.8) is 0 Å². The largest absolute Gasteiger partial charge is 0.497 e. The summed E-state index contributed by atoms with van der Waals surface area (Å²) in [4.78, 5) is 38.0. The highest BCUT2D eigenvalue weighted by Gasteiger charge is 2.34. The molecule has 1 saturated heterocycles. The quantitative estimate of drug-likeness (QED) is 0.236. The van der Waals surface area contributed by atoms with E-state index in [0.717, 1.165) is 0 Å². The molecule has 1 heterocycles. The Labute approximate surface area is 227 Å². The van der Waals surface area contributed by atoms with Crippen LogP contribution in [0.15, 0.2) is 66.2 Å². The van der Waals surface area contributed by atoms with Gasteiger partial charge >= 0.3 is 5.97 Å². The first-order valence-corrected chi connectivity index (χ1v) is 11.8. The molecule has 3 aromatic carbocycles. The summed E-state index contributed by atoms with van der Waals surface area (Å²) >= 11 is 18.0. The molecule has 1 fully saturated rings. The Morgan fingerprint density at radius 1 is 1.05 bits per heavy atom. The number of hydrogen-bond donors (Lipinski definition) is 2. The maximum Gasteiger partial charge on any atom is 0.335 e. The van der Waals surface area contributed by atoms with Gasteiger partial charge in [0.2, 0.25) is 0 Å². The van der Waals surface area contributed by atoms with Crippen LogP contribution in [0.2, 0.25) is 10.0 Å². The number of benzene rings is 3. The van der Waals surface area contributed by atoms with Gasteiger partial charge in [-0.3, -0.25) is 19.8 Å². The second-order valence-electron chi connectivity index (χ2n) is 7.76. The Kier molecular flexibility index (Phi) is 7.77. The zero-order valence-corrected chi connectivity index (χ0v) is 21.5. The van der Waals surface area contributed by atoms with E-state index >= 15 is 0 Å². The Bertz CT molecular complexity index is 1420. The molecule has 188 valence electrons. The fourth-order valence-electron chi connectivity index (χ4n) is 3.49. The molecule has 0 saturated carbocycles. The van der Waals surface area contributed by atoms with E-state index in [-0.39, 0.29) is 38.7 Å². The first-order valence-electron chi connectivity index (χ1n) is 10.7. The van der Waals surface area contributed by atoms with Crippen LogP contribution in [0.25, 0.3) is 6.08 Å². The van der Waals surface area contributed by atoms with Gasteiger partial charge in [-0.15, -0.1) is 0 Å². The second-order valence-corrected chi connectivity index (χ2v) is 8.96. The fourth-order valence-corrected chi connectivity index (χ4v) is 4.38. The van der Waals surface area contributed by atoms with E-state index in [2.05, 4.69) is 5.32 Å². The lowest BCUT2D eigenvalue weighted by atomic mass is 10.1. The van der Waals surface area contributed by atoms with E-state index in [0.29, 0.717) is 22.6 Å². The van der Waals surface area contributed by atoms with Crippen LogP contribution in [0.4, 0.5) is 5.69 Å². The number of carboxylic acids is 1. The summed E-state index contributed by atoms with van der Waals surface area (Å²) in [6, 6.07) is 15.8. The molecule has 4 rings (SSSR count). The number of thiocarbonyl (C=S) groups is 1. The number of ether oxygens (including phenoxy) is 2. The van der Waals surface area contributed by atoms with Crippen LogP contribution in [-0.2, 0) is 16.2 Å². The number of rotatable bonds is 7. The third-order valence-corrected chi connectivity index (χ3v) is 6.19. The molecule has 0 radical (unpaired) electrons. The van der Waals surface area contributed by atoms with Crippen molar-refractivity contribution >= 4 is 70.1 Å². The smallest absolute Gasteiger partial charge is 0.335 e. The number of amides is 2. The third kappa shape index (κ3) is 5.75. The van der Waals surface area contributed by atoms with Gasteiger partial charge in [0.25, 0.3) is 11.8 Å². The number of aromatic carboxylic acids is 1. The topological polar surface area (TPSA) is 105 Å². The Hall–Kier alpha value is -3.92. The van der Waals surface area contributed by atoms with Crippen LogP contribution >= 0.6 is 35.4 Å². The van der Waals surface area contributed by atoms with Crippen LogP contribution < -0.4 is 19.7 Å². The molecule has 1 aliphatic heterocycles. The molecule has 0 bridgehead atoms. The van der Waals surface area contributed by atoms with E-state index < -0.39 is 17.8 Å². The highest BCUT2D eigenvalue weighted by atomic mass is 35.5. The molecule has 3 aromatic rings. The minimum absolute atomic E-state index is 0.0477. The molecule has 0 spiro atoms. The van der Waals surface area contributed by atoms with Crippen LogP contribution in [0.3, 0.4) is 0 Å². The van der Waals surface area contributed by atoms with Crippen molar-refractivity contribution < 1.29 is 29.0 Å². The first-order chi connectivity index (χ1) is 17.7. The maximum atomic E-state index is 13.2. The summed E-state index contributed by atoms with van der Waals surface area (Å²) in [5.41, 5.74) is 1.56. The normalized spacial score (nSPS) is 14.5. The molecule has 11 heteroatoms. The lowest BCUT2D eigenvalue weighted by molar-refractivity contribution is -0.122. The molecule has 0 aromatic heterocycles. The number of halogens is 2. The van der Waals surface area contributed by atoms with Crippen LogP contribution in [-0.4, -0.2) is 35.1 Å². The Morgan fingerprint density at radius 3 is 2.24 bits per heavy atom. The zero-order chi connectivity index (χ0) is 26.7. The van der Waals surface area contributed by atoms with E-state index in [1.165, 1.54) is 42.4 Å². The summed E-state index contributed by atoms with van der Waals surface area (Å²) in [7, 11) is 1.53. The van der Waals surface area contributed by atoms with E-state index in [9.17, 15) is 14.4 Å². The van der Waals surface area contributed by atoms with Gasteiger partial charge < -0.3 is 14.6 Å². The summed E-state index contributed by atoms with van der Waals surface area (Å²) in [5.74, 6) is -1.49. The minimum Gasteiger partial charge on any atom is -0.497 e. The number of carboxylic acid groups (broad SMARTS) is 1.